The summed E-state index contributed by atoms with van der Waals surface area (Å²) in [6, 6.07) is -1.31. The first kappa shape index (κ1) is 27.8. The number of carboxylic acid groups (broad SMARTS) is 4. The van der Waals surface area contributed by atoms with Gasteiger partial charge in [0.05, 0.1) is 26.2 Å². The van der Waals surface area contributed by atoms with E-state index < -0.39 is 23.9 Å². The van der Waals surface area contributed by atoms with Gasteiger partial charge >= 0.3 is 23.9 Å². The maximum atomic E-state index is 11.5. The number of aliphatic carboxylic acids is 4. The van der Waals surface area contributed by atoms with E-state index in [4.69, 9.17) is 0 Å². The molecule has 184 valence electrons. The number of rotatable bonds is 8. The summed E-state index contributed by atoms with van der Waals surface area (Å²) in [5.41, 5.74) is 0. The van der Waals surface area contributed by atoms with Crippen molar-refractivity contribution in [1.82, 2.24) is 19.6 Å². The zero-order valence-corrected chi connectivity index (χ0v) is 19.2. The molecule has 0 spiro atoms. The van der Waals surface area contributed by atoms with Crippen molar-refractivity contribution in [2.75, 3.05) is 52.4 Å². The van der Waals surface area contributed by atoms with Crippen molar-refractivity contribution in [2.24, 2.45) is 0 Å². The lowest BCUT2D eigenvalue weighted by atomic mass is 10.1. The highest BCUT2D eigenvalue weighted by Crippen LogP contribution is 2.15. The lowest BCUT2D eigenvalue weighted by molar-refractivity contribution is -0.143. The summed E-state index contributed by atoms with van der Waals surface area (Å²) >= 11 is 0. The van der Waals surface area contributed by atoms with Crippen LogP contribution in [0.4, 0.5) is 0 Å². The first-order valence-corrected chi connectivity index (χ1v) is 10.6. The Morgan fingerprint density at radius 3 is 0.781 bits per heavy atom. The van der Waals surface area contributed by atoms with E-state index in [9.17, 15) is 39.6 Å². The van der Waals surface area contributed by atoms with Crippen LogP contribution in [0, 0.1) is 0 Å². The average molecular weight is 461 g/mol. The molecule has 0 aliphatic carbocycles. The van der Waals surface area contributed by atoms with Crippen LogP contribution < -0.4 is 0 Å². The Balaban J connectivity index is 3.34. The highest BCUT2D eigenvalue weighted by atomic mass is 16.4. The van der Waals surface area contributed by atoms with Crippen LogP contribution in [0.2, 0.25) is 0 Å². The minimum absolute atomic E-state index is 0.262. The van der Waals surface area contributed by atoms with Gasteiger partial charge in [-0.3, -0.25) is 38.8 Å². The predicted molar refractivity (Wildman–Crippen MR) is 115 cm³/mol. The molecule has 1 rings (SSSR count). The van der Waals surface area contributed by atoms with Crippen molar-refractivity contribution in [3.05, 3.63) is 0 Å². The molecule has 4 N–H and O–H groups in total. The van der Waals surface area contributed by atoms with Crippen LogP contribution >= 0.6 is 0 Å². The SMILES string of the molecule is C[C@H]1CN(CC(=O)O)[C@@H](C)CN(CC(=O)O)[C@@H](C)CN(CC(=O)O)[C@@H](C)CN1CC(=O)O. The molecule has 1 fully saturated rings. The topological polar surface area (TPSA) is 162 Å². The smallest absolute Gasteiger partial charge is 0.317 e. The van der Waals surface area contributed by atoms with Crippen molar-refractivity contribution in [3.63, 3.8) is 0 Å². The largest absolute Gasteiger partial charge is 0.480 e. The normalized spacial score (nSPS) is 27.9. The fourth-order valence-corrected chi connectivity index (χ4v) is 4.12. The molecule has 32 heavy (non-hydrogen) atoms. The maximum absolute atomic E-state index is 11.5. The molecular formula is C20H36N4O8. The second kappa shape index (κ2) is 12.7. The predicted octanol–water partition coefficient (Wildman–Crippen LogP) is -0.900. The first-order valence-electron chi connectivity index (χ1n) is 10.6. The summed E-state index contributed by atoms with van der Waals surface area (Å²) < 4.78 is 0. The van der Waals surface area contributed by atoms with Crippen molar-refractivity contribution < 1.29 is 39.6 Å². The third kappa shape index (κ3) is 9.47. The molecular weight excluding hydrogens is 424 g/mol. The van der Waals surface area contributed by atoms with Gasteiger partial charge in [0.25, 0.3) is 0 Å². The lowest BCUT2D eigenvalue weighted by Gasteiger charge is -2.42. The van der Waals surface area contributed by atoms with Crippen LogP contribution in [-0.2, 0) is 19.2 Å². The highest BCUT2D eigenvalue weighted by molar-refractivity contribution is 5.70. The second-order valence-corrected chi connectivity index (χ2v) is 8.69. The quantitative estimate of drug-likeness (QED) is 0.354. The summed E-state index contributed by atoms with van der Waals surface area (Å²) in [5.74, 6) is -4.11. The molecule has 0 radical (unpaired) electrons. The molecule has 0 unspecified atom stereocenters. The van der Waals surface area contributed by atoms with E-state index >= 15 is 0 Å². The molecule has 1 aliphatic heterocycles. The average Bonchev–Trinajstić information content (AvgIpc) is 2.63. The summed E-state index contributed by atoms with van der Waals surface area (Å²) in [5, 5.41) is 37.5. The van der Waals surface area contributed by atoms with Crippen molar-refractivity contribution >= 4 is 23.9 Å². The fraction of sp³-hybridized carbons (Fsp3) is 0.800. The van der Waals surface area contributed by atoms with Gasteiger partial charge in [0, 0.05) is 50.3 Å². The number of carboxylic acids is 4. The molecule has 0 aromatic rings. The van der Waals surface area contributed by atoms with Crippen LogP contribution in [0.15, 0.2) is 0 Å². The second-order valence-electron chi connectivity index (χ2n) is 8.69. The summed E-state index contributed by atoms with van der Waals surface area (Å²) in [6.07, 6.45) is 0. The Morgan fingerprint density at radius 1 is 0.500 bits per heavy atom. The van der Waals surface area contributed by atoms with Gasteiger partial charge in [-0.05, 0) is 27.7 Å². The Labute approximate surface area is 188 Å². The van der Waals surface area contributed by atoms with Gasteiger partial charge in [0.2, 0.25) is 0 Å². The molecule has 1 aliphatic rings. The molecule has 0 bridgehead atoms. The van der Waals surface area contributed by atoms with E-state index in [0.29, 0.717) is 0 Å². The molecule has 0 amide bonds. The molecule has 0 saturated carbocycles. The Kier molecular flexibility index (Phi) is 11.0. The summed E-state index contributed by atoms with van der Waals surface area (Å²) in [6.45, 7) is 7.25. The molecule has 4 atom stereocenters. The monoisotopic (exact) mass is 460 g/mol. The molecule has 1 heterocycles. The summed E-state index contributed by atoms with van der Waals surface area (Å²) in [4.78, 5) is 52.7. The van der Waals surface area contributed by atoms with Crippen molar-refractivity contribution in [3.8, 4) is 0 Å². The zero-order chi connectivity index (χ0) is 24.6. The molecule has 0 aromatic carbocycles. The van der Waals surface area contributed by atoms with E-state index in [1.54, 1.807) is 19.6 Å². The van der Waals surface area contributed by atoms with E-state index in [0.717, 1.165) is 0 Å². The first-order chi connectivity index (χ1) is 14.8. The standard InChI is InChI=1S/C20H36N4O8/c1-13-5-22(10-18(27)28)15(3)7-24(12-20(31)32)16(4)8-23(11-19(29)30)14(2)6-21(13)9-17(25)26/h13-16H,5-12H2,1-4H3,(H,25,26)(H,27,28)(H,29,30)(H,31,32)/t13-,14-,15-,16-/m0/s1. The van der Waals surface area contributed by atoms with Gasteiger partial charge in [-0.15, -0.1) is 0 Å². The van der Waals surface area contributed by atoms with E-state index in [1.807, 2.05) is 27.7 Å². The van der Waals surface area contributed by atoms with Crippen molar-refractivity contribution in [2.45, 2.75) is 51.9 Å². The van der Waals surface area contributed by atoms with Gasteiger partial charge in [-0.25, -0.2) is 0 Å². The van der Waals surface area contributed by atoms with Crippen LogP contribution in [0.1, 0.15) is 27.7 Å². The van der Waals surface area contributed by atoms with Crippen molar-refractivity contribution in [1.29, 1.82) is 0 Å². The van der Waals surface area contributed by atoms with Gasteiger partial charge in [0.15, 0.2) is 0 Å². The number of nitrogens with zero attached hydrogens (tertiary/aromatic N) is 4. The summed E-state index contributed by atoms with van der Waals surface area (Å²) in [7, 11) is 0. The maximum Gasteiger partial charge on any atom is 0.317 e. The van der Waals surface area contributed by atoms with Gasteiger partial charge in [-0.1, -0.05) is 0 Å². The number of carbonyl (C=O) groups is 4. The molecule has 1 saturated heterocycles. The van der Waals surface area contributed by atoms with Crippen LogP contribution in [0.25, 0.3) is 0 Å². The third-order valence-electron chi connectivity index (χ3n) is 5.84. The van der Waals surface area contributed by atoms with Crippen LogP contribution in [-0.4, -0.2) is 140 Å². The van der Waals surface area contributed by atoms with E-state index in [2.05, 4.69) is 0 Å². The number of hydrogen-bond donors (Lipinski definition) is 4. The van der Waals surface area contributed by atoms with Crippen LogP contribution in [0.5, 0.6) is 0 Å². The molecule has 12 nitrogen and oxygen atoms in total. The number of hydrogen-bond acceptors (Lipinski definition) is 8. The third-order valence-corrected chi connectivity index (χ3v) is 5.84. The Hall–Kier alpha value is -2.28. The van der Waals surface area contributed by atoms with E-state index in [1.165, 1.54) is 0 Å². The van der Waals surface area contributed by atoms with E-state index in [-0.39, 0.29) is 76.5 Å². The lowest BCUT2D eigenvalue weighted by Crippen LogP contribution is -2.58. The minimum atomic E-state index is -1.03. The van der Waals surface area contributed by atoms with Gasteiger partial charge < -0.3 is 20.4 Å². The fourth-order valence-electron chi connectivity index (χ4n) is 4.12. The van der Waals surface area contributed by atoms with Crippen LogP contribution in [0.3, 0.4) is 0 Å². The highest BCUT2D eigenvalue weighted by Gasteiger charge is 2.31. The van der Waals surface area contributed by atoms with Gasteiger partial charge in [0.1, 0.15) is 0 Å². The molecule has 12 heteroatoms. The Bertz CT molecular complexity index is 564. The van der Waals surface area contributed by atoms with Gasteiger partial charge in [-0.2, -0.15) is 0 Å². The zero-order valence-electron chi connectivity index (χ0n) is 19.2. The minimum Gasteiger partial charge on any atom is -0.480 e. The molecule has 0 aromatic heterocycles. The Morgan fingerprint density at radius 2 is 0.656 bits per heavy atom.